The van der Waals surface area contributed by atoms with Crippen molar-refractivity contribution in [3.05, 3.63) is 0 Å². The zero-order valence-corrected chi connectivity index (χ0v) is 7.63. The monoisotopic (exact) mass is 196 g/mol. The lowest BCUT2D eigenvalue weighted by Crippen LogP contribution is -2.08. The van der Waals surface area contributed by atoms with E-state index in [-0.39, 0.29) is 12.2 Å². The molecule has 0 aliphatic carbocycles. The molecule has 0 amide bonds. The molecule has 0 rings (SSSR count). The van der Waals surface area contributed by atoms with Gasteiger partial charge in [0.1, 0.15) is 0 Å². The van der Waals surface area contributed by atoms with Crippen molar-refractivity contribution < 1.29 is 22.5 Å². The summed E-state index contributed by atoms with van der Waals surface area (Å²) in [7, 11) is -2.32. The molecular formula is C6H12O5S. The second-order valence-electron chi connectivity index (χ2n) is 2.28. The fourth-order valence-electron chi connectivity index (χ4n) is 0.638. The van der Waals surface area contributed by atoms with Gasteiger partial charge in [-0.25, -0.2) is 0 Å². The van der Waals surface area contributed by atoms with Crippen molar-refractivity contribution in [2.75, 3.05) is 12.9 Å². The van der Waals surface area contributed by atoms with Crippen molar-refractivity contribution in [3.8, 4) is 0 Å². The lowest BCUT2D eigenvalue weighted by Gasteiger charge is -1.98. The Kier molecular flexibility index (Phi) is 4.84. The molecule has 0 atom stereocenters. The van der Waals surface area contributed by atoms with Crippen LogP contribution in [0.25, 0.3) is 0 Å². The van der Waals surface area contributed by atoms with Gasteiger partial charge < -0.3 is 5.11 Å². The Morgan fingerprint density at radius 3 is 2.42 bits per heavy atom. The third-order valence-corrected chi connectivity index (χ3v) is 2.59. The number of unbranched alkanes of at least 4 members (excludes halogenated alkanes) is 1. The summed E-state index contributed by atoms with van der Waals surface area (Å²) in [6, 6.07) is 0. The molecule has 0 saturated heterocycles. The van der Waals surface area contributed by atoms with Gasteiger partial charge in [-0.05, 0) is 12.8 Å². The standard InChI is InChI=1S/C6H12O5S/c1-11-12(9,10)5-3-2-4-6(7)8/h2-5H2,1H3,(H,7,8). The Balaban J connectivity index is 3.51. The fraction of sp³-hybridized carbons (Fsp3) is 0.833. The summed E-state index contributed by atoms with van der Waals surface area (Å²) in [5.74, 6) is -1.03. The van der Waals surface area contributed by atoms with Crippen LogP contribution in [0.15, 0.2) is 0 Å². The average molecular weight is 196 g/mol. The van der Waals surface area contributed by atoms with Crippen LogP contribution >= 0.6 is 0 Å². The van der Waals surface area contributed by atoms with Crippen molar-refractivity contribution in [1.29, 1.82) is 0 Å². The Morgan fingerprint density at radius 1 is 1.42 bits per heavy atom. The van der Waals surface area contributed by atoms with Crippen molar-refractivity contribution in [2.45, 2.75) is 19.3 Å². The second-order valence-corrected chi connectivity index (χ2v) is 4.14. The smallest absolute Gasteiger partial charge is 0.303 e. The minimum absolute atomic E-state index is 0.000760. The first-order valence-electron chi connectivity index (χ1n) is 3.48. The van der Waals surface area contributed by atoms with Crippen LogP contribution in [-0.2, 0) is 19.1 Å². The van der Waals surface area contributed by atoms with Crippen molar-refractivity contribution in [1.82, 2.24) is 0 Å². The first-order valence-corrected chi connectivity index (χ1v) is 5.06. The lowest BCUT2D eigenvalue weighted by atomic mass is 10.3. The minimum atomic E-state index is -3.41. The average Bonchev–Trinajstić information content (AvgIpc) is 1.98. The number of carboxylic acid groups (broad SMARTS) is 1. The maximum Gasteiger partial charge on any atom is 0.303 e. The van der Waals surface area contributed by atoms with Crippen molar-refractivity contribution in [2.24, 2.45) is 0 Å². The van der Waals surface area contributed by atoms with Gasteiger partial charge in [-0.1, -0.05) is 0 Å². The summed E-state index contributed by atoms with van der Waals surface area (Å²) >= 11 is 0. The van der Waals surface area contributed by atoms with E-state index in [2.05, 4.69) is 4.18 Å². The maximum absolute atomic E-state index is 10.7. The van der Waals surface area contributed by atoms with Gasteiger partial charge in [-0.3, -0.25) is 8.98 Å². The molecule has 12 heavy (non-hydrogen) atoms. The van der Waals surface area contributed by atoms with E-state index in [4.69, 9.17) is 5.11 Å². The van der Waals surface area contributed by atoms with E-state index in [1.165, 1.54) is 0 Å². The Hall–Kier alpha value is -0.620. The van der Waals surface area contributed by atoms with Crippen LogP contribution in [0, 0.1) is 0 Å². The van der Waals surface area contributed by atoms with E-state index in [0.717, 1.165) is 7.11 Å². The molecule has 72 valence electrons. The van der Waals surface area contributed by atoms with Gasteiger partial charge in [-0.15, -0.1) is 0 Å². The normalized spacial score (nSPS) is 11.4. The molecule has 0 spiro atoms. The molecule has 0 unspecified atom stereocenters. The molecule has 5 nitrogen and oxygen atoms in total. The number of carboxylic acids is 1. The highest BCUT2D eigenvalue weighted by molar-refractivity contribution is 7.86. The van der Waals surface area contributed by atoms with E-state index in [0.29, 0.717) is 12.8 Å². The largest absolute Gasteiger partial charge is 0.481 e. The van der Waals surface area contributed by atoms with E-state index in [1.54, 1.807) is 0 Å². The van der Waals surface area contributed by atoms with Crippen LogP contribution in [0.2, 0.25) is 0 Å². The SMILES string of the molecule is COS(=O)(=O)CCCCC(=O)O. The molecule has 0 bridgehead atoms. The van der Waals surface area contributed by atoms with Gasteiger partial charge >= 0.3 is 5.97 Å². The van der Waals surface area contributed by atoms with E-state index >= 15 is 0 Å². The number of hydrogen-bond donors (Lipinski definition) is 1. The van der Waals surface area contributed by atoms with Gasteiger partial charge in [0.15, 0.2) is 0 Å². The molecule has 0 aromatic carbocycles. The minimum Gasteiger partial charge on any atom is -0.481 e. The molecule has 1 N–H and O–H groups in total. The van der Waals surface area contributed by atoms with E-state index in [1.807, 2.05) is 0 Å². The highest BCUT2D eigenvalue weighted by Gasteiger charge is 2.07. The highest BCUT2D eigenvalue weighted by atomic mass is 32.2. The molecule has 0 saturated carbocycles. The Labute approximate surface area is 71.5 Å². The van der Waals surface area contributed by atoms with E-state index < -0.39 is 16.1 Å². The molecule has 0 fully saturated rings. The van der Waals surface area contributed by atoms with Crippen molar-refractivity contribution in [3.63, 3.8) is 0 Å². The number of rotatable bonds is 6. The summed E-state index contributed by atoms with van der Waals surface area (Å²) in [6.07, 6.45) is 0.680. The van der Waals surface area contributed by atoms with Crippen LogP contribution in [0.4, 0.5) is 0 Å². The zero-order valence-electron chi connectivity index (χ0n) is 6.82. The van der Waals surface area contributed by atoms with Gasteiger partial charge in [-0.2, -0.15) is 8.42 Å². The molecule has 0 aromatic rings. The molecule has 0 aliphatic rings. The molecule has 0 aliphatic heterocycles. The maximum atomic E-state index is 10.7. The summed E-state index contributed by atoms with van der Waals surface area (Å²) in [4.78, 5) is 10.0. The van der Waals surface area contributed by atoms with Crippen molar-refractivity contribution >= 4 is 16.1 Å². The zero-order chi connectivity index (χ0) is 9.61. The first kappa shape index (κ1) is 11.4. The third kappa shape index (κ3) is 6.11. The quantitative estimate of drug-likeness (QED) is 0.485. The van der Waals surface area contributed by atoms with Gasteiger partial charge in [0.25, 0.3) is 10.1 Å². The van der Waals surface area contributed by atoms with E-state index in [9.17, 15) is 13.2 Å². The molecule has 6 heteroatoms. The van der Waals surface area contributed by atoms with Crippen LogP contribution in [0.3, 0.4) is 0 Å². The molecule has 0 aromatic heterocycles. The topological polar surface area (TPSA) is 80.7 Å². The third-order valence-electron chi connectivity index (χ3n) is 1.29. The predicted molar refractivity (Wildman–Crippen MR) is 42.3 cm³/mol. The highest BCUT2D eigenvalue weighted by Crippen LogP contribution is 2.00. The number of aliphatic carboxylic acids is 1. The summed E-state index contributed by atoms with van der Waals surface area (Å²) in [6.45, 7) is 0. The summed E-state index contributed by atoms with van der Waals surface area (Å²) in [5.41, 5.74) is 0. The van der Waals surface area contributed by atoms with Crippen LogP contribution < -0.4 is 0 Å². The van der Waals surface area contributed by atoms with Crippen LogP contribution in [0.5, 0.6) is 0 Å². The predicted octanol–water partition coefficient (Wildman–Crippen LogP) is 0.217. The van der Waals surface area contributed by atoms with Gasteiger partial charge in [0, 0.05) is 6.42 Å². The van der Waals surface area contributed by atoms with Gasteiger partial charge in [0.05, 0.1) is 12.9 Å². The van der Waals surface area contributed by atoms with Gasteiger partial charge in [0.2, 0.25) is 0 Å². The Bertz CT molecular complexity index is 230. The summed E-state index contributed by atoms with van der Waals surface area (Å²) in [5, 5.41) is 8.22. The van der Waals surface area contributed by atoms with Crippen LogP contribution in [-0.4, -0.2) is 32.4 Å². The lowest BCUT2D eigenvalue weighted by molar-refractivity contribution is -0.137. The van der Waals surface area contributed by atoms with Crippen LogP contribution in [0.1, 0.15) is 19.3 Å². The molecule has 0 heterocycles. The second kappa shape index (κ2) is 5.10. The number of hydrogen-bond acceptors (Lipinski definition) is 4. The summed E-state index contributed by atoms with van der Waals surface area (Å²) < 4.78 is 25.5. The Morgan fingerprint density at radius 2 is 2.00 bits per heavy atom. The fourth-order valence-corrected chi connectivity index (χ4v) is 1.36. The molecular weight excluding hydrogens is 184 g/mol. The number of carbonyl (C=O) groups is 1. The molecule has 0 radical (unpaired) electrons. The first-order chi connectivity index (χ1) is 5.48.